The van der Waals surface area contributed by atoms with Gasteiger partial charge in [0.1, 0.15) is 6.04 Å². The van der Waals surface area contributed by atoms with E-state index in [0.717, 1.165) is 4.47 Å². The summed E-state index contributed by atoms with van der Waals surface area (Å²) in [6, 6.07) is 5.34. The van der Waals surface area contributed by atoms with Gasteiger partial charge in [-0.05, 0) is 31.2 Å². The minimum Gasteiger partial charge on any atom is -0.467 e. The Labute approximate surface area is 137 Å². The van der Waals surface area contributed by atoms with Gasteiger partial charge in [0.25, 0.3) is 0 Å². The molecule has 0 unspecified atom stereocenters. The van der Waals surface area contributed by atoms with Gasteiger partial charge >= 0.3 is 5.97 Å². The lowest BCUT2D eigenvalue weighted by atomic mass is 10.3. The molecule has 0 fully saturated rings. The van der Waals surface area contributed by atoms with E-state index in [9.17, 15) is 18.0 Å². The predicted molar refractivity (Wildman–Crippen MR) is 83.6 cm³/mol. The van der Waals surface area contributed by atoms with E-state index in [4.69, 9.17) is 0 Å². The minimum absolute atomic E-state index is 0.0713. The summed E-state index contributed by atoms with van der Waals surface area (Å²) in [6.45, 7) is 1.41. The zero-order chi connectivity index (χ0) is 16.8. The monoisotopic (exact) mass is 392 g/mol. The zero-order valence-electron chi connectivity index (χ0n) is 12.1. The molecule has 0 heterocycles. The Bertz CT molecular complexity index is 630. The molecule has 9 heteroatoms. The van der Waals surface area contributed by atoms with E-state index in [2.05, 4.69) is 30.7 Å². The third kappa shape index (κ3) is 5.74. The van der Waals surface area contributed by atoms with E-state index in [1.165, 1.54) is 26.2 Å². The van der Waals surface area contributed by atoms with Crippen LogP contribution in [0.1, 0.15) is 13.3 Å². The van der Waals surface area contributed by atoms with Crippen LogP contribution in [0.15, 0.2) is 33.6 Å². The summed E-state index contributed by atoms with van der Waals surface area (Å²) < 4.78 is 31.5. The number of amides is 1. The quantitative estimate of drug-likeness (QED) is 0.668. The van der Waals surface area contributed by atoms with Crippen molar-refractivity contribution in [1.29, 1.82) is 0 Å². The summed E-state index contributed by atoms with van der Waals surface area (Å²) >= 11 is 3.22. The number of hydrogen-bond acceptors (Lipinski definition) is 5. The van der Waals surface area contributed by atoms with E-state index in [0.29, 0.717) is 0 Å². The topological polar surface area (TPSA) is 102 Å². The van der Waals surface area contributed by atoms with Gasteiger partial charge in [-0.1, -0.05) is 15.9 Å². The first kappa shape index (κ1) is 18.6. The first-order valence-electron chi connectivity index (χ1n) is 6.38. The van der Waals surface area contributed by atoms with E-state index < -0.39 is 27.9 Å². The maximum absolute atomic E-state index is 12.0. The largest absolute Gasteiger partial charge is 0.467 e. The molecular formula is C13H17BrN2O5S. The highest BCUT2D eigenvalue weighted by molar-refractivity contribution is 9.10. The molecule has 0 aliphatic carbocycles. The fraction of sp³-hybridized carbons (Fsp3) is 0.385. The number of methoxy groups -OCH3 is 1. The zero-order valence-corrected chi connectivity index (χ0v) is 14.5. The summed E-state index contributed by atoms with van der Waals surface area (Å²) in [5, 5.41) is 2.41. The molecule has 0 saturated carbocycles. The molecule has 22 heavy (non-hydrogen) atoms. The second kappa shape index (κ2) is 8.25. The van der Waals surface area contributed by atoms with Crippen LogP contribution in [0.2, 0.25) is 0 Å². The molecule has 2 N–H and O–H groups in total. The summed E-state index contributed by atoms with van der Waals surface area (Å²) in [6.07, 6.45) is -0.0862. The summed E-state index contributed by atoms with van der Waals surface area (Å²) in [5.74, 6) is -1.01. The van der Waals surface area contributed by atoms with Gasteiger partial charge in [0.15, 0.2) is 0 Å². The second-order valence-electron chi connectivity index (χ2n) is 4.41. The van der Waals surface area contributed by atoms with Crippen LogP contribution in [0.3, 0.4) is 0 Å². The maximum atomic E-state index is 12.0. The van der Waals surface area contributed by atoms with Gasteiger partial charge in [0, 0.05) is 17.4 Å². The highest BCUT2D eigenvalue weighted by Gasteiger charge is 2.17. The van der Waals surface area contributed by atoms with Crippen LogP contribution in [-0.2, 0) is 24.3 Å². The second-order valence-corrected chi connectivity index (χ2v) is 7.10. The Morgan fingerprint density at radius 3 is 2.41 bits per heavy atom. The molecule has 0 radical (unpaired) electrons. The van der Waals surface area contributed by atoms with Crippen molar-refractivity contribution in [2.75, 3.05) is 13.7 Å². The number of rotatable bonds is 7. The Morgan fingerprint density at radius 1 is 1.27 bits per heavy atom. The molecule has 122 valence electrons. The van der Waals surface area contributed by atoms with Crippen LogP contribution < -0.4 is 10.0 Å². The Hall–Kier alpha value is -1.45. The summed E-state index contributed by atoms with van der Waals surface area (Å²) in [4.78, 5) is 22.8. The molecule has 7 nitrogen and oxygen atoms in total. The van der Waals surface area contributed by atoms with Crippen molar-refractivity contribution >= 4 is 37.8 Å². The Kier molecular flexibility index (Phi) is 6.98. The third-order valence-corrected chi connectivity index (χ3v) is 4.71. The molecule has 1 amide bonds. The van der Waals surface area contributed by atoms with Crippen molar-refractivity contribution in [3.8, 4) is 0 Å². The fourth-order valence-electron chi connectivity index (χ4n) is 1.55. The highest BCUT2D eigenvalue weighted by Crippen LogP contribution is 2.14. The number of carbonyl (C=O) groups excluding carboxylic acids is 2. The molecule has 1 aromatic carbocycles. The number of halogens is 1. The van der Waals surface area contributed by atoms with Crippen molar-refractivity contribution in [3.05, 3.63) is 28.7 Å². The molecule has 1 rings (SSSR count). The van der Waals surface area contributed by atoms with Crippen LogP contribution in [0.25, 0.3) is 0 Å². The molecule has 1 aromatic rings. The maximum Gasteiger partial charge on any atom is 0.328 e. The van der Waals surface area contributed by atoms with Crippen molar-refractivity contribution in [2.45, 2.75) is 24.3 Å². The standard InChI is InChI=1S/C13H17BrN2O5S/c1-9(13(18)21-2)16-12(17)7-8-15-22(19,20)11-5-3-10(14)4-6-11/h3-6,9,15H,7-8H2,1-2H3,(H,16,17)/t9-/m0/s1. The van der Waals surface area contributed by atoms with Gasteiger partial charge < -0.3 is 10.1 Å². The van der Waals surface area contributed by atoms with Crippen LogP contribution >= 0.6 is 15.9 Å². The molecule has 0 aliphatic heterocycles. The lowest BCUT2D eigenvalue weighted by Gasteiger charge is -2.11. The number of ether oxygens (including phenoxy) is 1. The van der Waals surface area contributed by atoms with Gasteiger partial charge in [-0.25, -0.2) is 17.9 Å². The average molecular weight is 393 g/mol. The summed E-state index contributed by atoms with van der Waals surface area (Å²) in [7, 11) is -2.45. The minimum atomic E-state index is -3.66. The van der Waals surface area contributed by atoms with Crippen molar-refractivity contribution in [1.82, 2.24) is 10.0 Å². The van der Waals surface area contributed by atoms with Crippen LogP contribution in [-0.4, -0.2) is 40.0 Å². The smallest absolute Gasteiger partial charge is 0.328 e. The van der Waals surface area contributed by atoms with E-state index in [1.807, 2.05) is 0 Å². The van der Waals surface area contributed by atoms with Gasteiger partial charge in [0.05, 0.1) is 12.0 Å². The molecule has 1 atom stereocenters. The highest BCUT2D eigenvalue weighted by atomic mass is 79.9. The van der Waals surface area contributed by atoms with Crippen molar-refractivity contribution in [2.24, 2.45) is 0 Å². The number of esters is 1. The normalized spacial score (nSPS) is 12.5. The number of carbonyl (C=O) groups is 2. The third-order valence-electron chi connectivity index (χ3n) is 2.70. The van der Waals surface area contributed by atoms with E-state index in [1.54, 1.807) is 12.1 Å². The number of sulfonamides is 1. The molecule has 0 aromatic heterocycles. The van der Waals surface area contributed by atoms with Gasteiger partial charge in [-0.2, -0.15) is 0 Å². The van der Waals surface area contributed by atoms with Gasteiger partial charge in [-0.3, -0.25) is 4.79 Å². The summed E-state index contributed by atoms with van der Waals surface area (Å²) in [5.41, 5.74) is 0. The number of hydrogen-bond donors (Lipinski definition) is 2. The molecule has 0 aliphatic rings. The van der Waals surface area contributed by atoms with Crippen LogP contribution in [0, 0.1) is 0 Å². The van der Waals surface area contributed by atoms with Crippen LogP contribution in [0.5, 0.6) is 0 Å². The van der Waals surface area contributed by atoms with Crippen LogP contribution in [0.4, 0.5) is 0 Å². The molecule has 0 spiro atoms. The Morgan fingerprint density at radius 2 is 1.86 bits per heavy atom. The average Bonchev–Trinajstić information content (AvgIpc) is 2.46. The van der Waals surface area contributed by atoms with E-state index in [-0.39, 0.29) is 17.9 Å². The predicted octanol–water partition coefficient (Wildman–Crippen LogP) is 0.795. The van der Waals surface area contributed by atoms with Crippen molar-refractivity contribution in [3.63, 3.8) is 0 Å². The molecular weight excluding hydrogens is 376 g/mol. The lowest BCUT2D eigenvalue weighted by Crippen LogP contribution is -2.40. The SMILES string of the molecule is COC(=O)[C@H](C)NC(=O)CCNS(=O)(=O)c1ccc(Br)cc1. The van der Waals surface area contributed by atoms with Crippen molar-refractivity contribution < 1.29 is 22.7 Å². The molecule has 0 bridgehead atoms. The fourth-order valence-corrected chi connectivity index (χ4v) is 2.84. The van der Waals surface area contributed by atoms with Gasteiger partial charge in [0.2, 0.25) is 15.9 Å². The molecule has 0 saturated heterocycles. The first-order chi connectivity index (χ1) is 10.3. The number of benzene rings is 1. The van der Waals surface area contributed by atoms with Gasteiger partial charge in [-0.15, -0.1) is 0 Å². The van der Waals surface area contributed by atoms with E-state index >= 15 is 0 Å². The lowest BCUT2D eigenvalue weighted by molar-refractivity contribution is -0.144. The Balaban J connectivity index is 2.47. The first-order valence-corrected chi connectivity index (χ1v) is 8.66. The number of nitrogens with one attached hydrogen (secondary N) is 2.